The van der Waals surface area contributed by atoms with Crippen molar-refractivity contribution in [2.45, 2.75) is 32.2 Å². The van der Waals surface area contributed by atoms with Crippen LogP contribution in [0.15, 0.2) is 41.6 Å². The summed E-state index contributed by atoms with van der Waals surface area (Å²) in [5, 5.41) is 13.5. The Bertz CT molecular complexity index is 1060. The first-order valence-electron chi connectivity index (χ1n) is 9.06. The van der Waals surface area contributed by atoms with Crippen LogP contribution in [0.2, 0.25) is 15.1 Å². The molecule has 0 saturated heterocycles. The number of nitrogens with one attached hydrogen (secondary N) is 1. The molecule has 0 atom stereocenters. The van der Waals surface area contributed by atoms with Crippen molar-refractivity contribution in [1.82, 2.24) is 14.8 Å². The van der Waals surface area contributed by atoms with Gasteiger partial charge in [0.15, 0.2) is 11.0 Å². The number of amides is 1. The predicted molar refractivity (Wildman–Crippen MR) is 122 cm³/mol. The Morgan fingerprint density at radius 1 is 1.17 bits per heavy atom. The summed E-state index contributed by atoms with van der Waals surface area (Å²) >= 11 is 19.5. The molecule has 1 amide bonds. The second kappa shape index (κ2) is 10.4. The molecule has 10 heteroatoms. The monoisotopic (exact) mass is 484 g/mol. The fourth-order valence-corrected chi connectivity index (χ4v) is 3.97. The van der Waals surface area contributed by atoms with Crippen molar-refractivity contribution >= 4 is 58.2 Å². The van der Waals surface area contributed by atoms with Gasteiger partial charge in [0, 0.05) is 28.3 Å². The van der Waals surface area contributed by atoms with Crippen molar-refractivity contribution in [1.29, 1.82) is 0 Å². The highest BCUT2D eigenvalue weighted by Crippen LogP contribution is 2.29. The zero-order chi connectivity index (χ0) is 21.7. The van der Waals surface area contributed by atoms with Crippen LogP contribution in [0.1, 0.15) is 18.3 Å². The zero-order valence-electron chi connectivity index (χ0n) is 16.3. The molecular weight excluding hydrogens is 467 g/mol. The zero-order valence-corrected chi connectivity index (χ0v) is 19.4. The van der Waals surface area contributed by atoms with Gasteiger partial charge in [-0.25, -0.2) is 0 Å². The minimum absolute atomic E-state index is 0.153. The van der Waals surface area contributed by atoms with Crippen LogP contribution < -0.4 is 10.1 Å². The molecule has 158 valence electrons. The summed E-state index contributed by atoms with van der Waals surface area (Å²) in [6, 6.07) is 10.4. The molecule has 0 bridgehead atoms. The summed E-state index contributed by atoms with van der Waals surface area (Å²) in [5.74, 6) is 1.13. The van der Waals surface area contributed by atoms with E-state index < -0.39 is 0 Å². The molecule has 1 N–H and O–H groups in total. The first kappa shape index (κ1) is 22.7. The topological polar surface area (TPSA) is 69.0 Å². The van der Waals surface area contributed by atoms with Gasteiger partial charge in [0.1, 0.15) is 12.4 Å². The van der Waals surface area contributed by atoms with E-state index in [4.69, 9.17) is 39.5 Å². The largest absolute Gasteiger partial charge is 0.484 e. The summed E-state index contributed by atoms with van der Waals surface area (Å²) in [4.78, 5) is 12.4. The highest BCUT2D eigenvalue weighted by Gasteiger charge is 2.15. The second-order valence-electron chi connectivity index (χ2n) is 6.26. The highest BCUT2D eigenvalue weighted by atomic mass is 35.5. The SMILES string of the molecule is CCn1c(COc2cc(Cl)ccc2Cl)nnc1SCC(=O)Nc1cccc(Cl)c1C. The first-order valence-corrected chi connectivity index (χ1v) is 11.2. The molecule has 30 heavy (non-hydrogen) atoms. The molecule has 0 aliphatic heterocycles. The first-order chi connectivity index (χ1) is 14.4. The van der Waals surface area contributed by atoms with E-state index >= 15 is 0 Å². The van der Waals surface area contributed by atoms with Crippen molar-refractivity contribution in [2.75, 3.05) is 11.1 Å². The van der Waals surface area contributed by atoms with E-state index in [1.807, 2.05) is 24.5 Å². The minimum Gasteiger partial charge on any atom is -0.484 e. The van der Waals surface area contributed by atoms with Crippen LogP contribution in [0.25, 0.3) is 0 Å². The molecule has 1 heterocycles. The molecule has 0 unspecified atom stereocenters. The molecule has 3 aromatic rings. The number of rotatable bonds is 8. The van der Waals surface area contributed by atoms with Crippen LogP contribution in [0, 0.1) is 6.92 Å². The van der Waals surface area contributed by atoms with E-state index in [0.29, 0.717) is 44.0 Å². The van der Waals surface area contributed by atoms with E-state index in [1.54, 1.807) is 30.3 Å². The number of carbonyl (C=O) groups excluding carboxylic acids is 1. The number of nitrogens with zero attached hydrogens (tertiary/aromatic N) is 3. The van der Waals surface area contributed by atoms with E-state index in [-0.39, 0.29) is 18.3 Å². The Morgan fingerprint density at radius 3 is 2.73 bits per heavy atom. The Balaban J connectivity index is 1.62. The van der Waals surface area contributed by atoms with Gasteiger partial charge < -0.3 is 14.6 Å². The average molecular weight is 486 g/mol. The van der Waals surface area contributed by atoms with Gasteiger partial charge in [-0.2, -0.15) is 0 Å². The maximum absolute atomic E-state index is 12.4. The van der Waals surface area contributed by atoms with E-state index in [1.165, 1.54) is 11.8 Å². The van der Waals surface area contributed by atoms with Gasteiger partial charge in [-0.1, -0.05) is 52.6 Å². The molecule has 0 aliphatic rings. The predicted octanol–water partition coefficient (Wildman–Crippen LogP) is 5.88. The summed E-state index contributed by atoms with van der Waals surface area (Å²) in [7, 11) is 0. The lowest BCUT2D eigenvalue weighted by molar-refractivity contribution is -0.113. The van der Waals surface area contributed by atoms with Crippen LogP contribution in [0.5, 0.6) is 5.75 Å². The number of ether oxygens (including phenoxy) is 1. The third-order valence-electron chi connectivity index (χ3n) is 4.23. The quantitative estimate of drug-likeness (QED) is 0.404. The van der Waals surface area contributed by atoms with E-state index in [0.717, 1.165) is 5.56 Å². The van der Waals surface area contributed by atoms with Crippen LogP contribution in [0.3, 0.4) is 0 Å². The summed E-state index contributed by atoms with van der Waals surface area (Å²) < 4.78 is 7.64. The van der Waals surface area contributed by atoms with Gasteiger partial charge in [0.25, 0.3) is 0 Å². The summed E-state index contributed by atoms with van der Waals surface area (Å²) in [6.07, 6.45) is 0. The molecule has 0 radical (unpaired) electrons. The van der Waals surface area contributed by atoms with Crippen molar-refractivity contribution in [3.05, 3.63) is 62.9 Å². The van der Waals surface area contributed by atoms with E-state index in [2.05, 4.69) is 15.5 Å². The summed E-state index contributed by atoms with van der Waals surface area (Å²) in [5.41, 5.74) is 1.52. The third-order valence-corrected chi connectivity index (χ3v) is 6.16. The van der Waals surface area contributed by atoms with Gasteiger partial charge in [0.2, 0.25) is 5.91 Å². The van der Waals surface area contributed by atoms with Gasteiger partial charge >= 0.3 is 0 Å². The van der Waals surface area contributed by atoms with Gasteiger partial charge in [-0.05, 0) is 43.7 Å². The molecule has 0 aliphatic carbocycles. The maximum Gasteiger partial charge on any atom is 0.234 e. The number of thioether (sulfide) groups is 1. The fraction of sp³-hybridized carbons (Fsp3) is 0.250. The van der Waals surface area contributed by atoms with Crippen molar-refractivity contribution in [2.24, 2.45) is 0 Å². The lowest BCUT2D eigenvalue weighted by atomic mass is 10.2. The molecule has 3 rings (SSSR count). The number of hydrogen-bond acceptors (Lipinski definition) is 5. The molecule has 0 fully saturated rings. The van der Waals surface area contributed by atoms with Gasteiger partial charge in [0.05, 0.1) is 10.8 Å². The Morgan fingerprint density at radius 2 is 1.97 bits per heavy atom. The Kier molecular flexibility index (Phi) is 7.88. The maximum atomic E-state index is 12.4. The standard InChI is InChI=1S/C20H19Cl3N4O2S/c1-3-27-18(10-29-17-9-13(21)7-8-15(17)23)25-26-20(27)30-11-19(28)24-16-6-4-5-14(22)12(16)2/h4-9H,3,10-11H2,1-2H3,(H,24,28). The van der Waals surface area contributed by atoms with Crippen LogP contribution in [0.4, 0.5) is 5.69 Å². The van der Waals surface area contributed by atoms with E-state index in [9.17, 15) is 4.79 Å². The smallest absolute Gasteiger partial charge is 0.234 e. The highest BCUT2D eigenvalue weighted by molar-refractivity contribution is 7.99. The molecule has 6 nitrogen and oxygen atoms in total. The van der Waals surface area contributed by atoms with Crippen molar-refractivity contribution in [3.8, 4) is 5.75 Å². The van der Waals surface area contributed by atoms with Crippen molar-refractivity contribution < 1.29 is 9.53 Å². The fourth-order valence-electron chi connectivity index (χ4n) is 2.64. The average Bonchev–Trinajstić information content (AvgIpc) is 3.12. The Labute approximate surface area is 193 Å². The Hall–Kier alpha value is -1.93. The molecule has 2 aromatic carbocycles. The number of halogens is 3. The second-order valence-corrected chi connectivity index (χ2v) is 8.45. The molecular formula is C20H19Cl3N4O2S. The van der Waals surface area contributed by atoms with Crippen LogP contribution in [-0.4, -0.2) is 26.4 Å². The normalized spacial score (nSPS) is 10.8. The molecule has 1 aromatic heterocycles. The minimum atomic E-state index is -0.153. The lowest BCUT2D eigenvalue weighted by Crippen LogP contribution is -2.15. The summed E-state index contributed by atoms with van der Waals surface area (Å²) in [6.45, 7) is 4.64. The number of aromatic nitrogens is 3. The van der Waals surface area contributed by atoms with Crippen LogP contribution >= 0.6 is 46.6 Å². The molecule has 0 spiro atoms. The van der Waals surface area contributed by atoms with Gasteiger partial charge in [-0.3, -0.25) is 4.79 Å². The number of hydrogen-bond donors (Lipinski definition) is 1. The third kappa shape index (κ3) is 5.60. The van der Waals surface area contributed by atoms with Gasteiger partial charge in [-0.15, -0.1) is 10.2 Å². The van der Waals surface area contributed by atoms with Crippen LogP contribution in [-0.2, 0) is 17.9 Å². The number of benzene rings is 2. The number of carbonyl (C=O) groups is 1. The number of anilines is 1. The molecule has 0 saturated carbocycles. The van der Waals surface area contributed by atoms with Crippen molar-refractivity contribution in [3.63, 3.8) is 0 Å². The lowest BCUT2D eigenvalue weighted by Gasteiger charge is -2.11.